The largest absolute Gasteiger partial charge is 0.348 e. The van der Waals surface area contributed by atoms with Crippen molar-refractivity contribution in [2.75, 3.05) is 19.6 Å². The smallest absolute Gasteiger partial charge is 0.223 e. The Morgan fingerprint density at radius 3 is 2.68 bits per heavy atom. The molecule has 2 aliphatic heterocycles. The first kappa shape index (κ1) is 19.1. The number of likely N-dealkylation sites (tertiary alicyclic amines) is 1. The van der Waals surface area contributed by atoms with Crippen molar-refractivity contribution in [3.8, 4) is 0 Å². The molecule has 0 saturated carbocycles. The van der Waals surface area contributed by atoms with Crippen molar-refractivity contribution in [2.45, 2.75) is 57.9 Å². The first-order chi connectivity index (χ1) is 13.5. The Hall–Kier alpha value is -2.22. The summed E-state index contributed by atoms with van der Waals surface area (Å²) in [7, 11) is 0. The minimum atomic E-state index is -0.369. The molecule has 1 N–H and O–H groups in total. The quantitative estimate of drug-likeness (QED) is 0.853. The summed E-state index contributed by atoms with van der Waals surface area (Å²) in [5.74, 6) is 0.364. The van der Waals surface area contributed by atoms with E-state index in [1.54, 1.807) is 17.7 Å². The highest BCUT2D eigenvalue weighted by Crippen LogP contribution is 2.42. The van der Waals surface area contributed by atoms with Crippen molar-refractivity contribution in [1.29, 1.82) is 0 Å². The Bertz CT molecular complexity index is 866. The number of nitrogens with zero attached hydrogens (tertiary/aromatic N) is 4. The van der Waals surface area contributed by atoms with Crippen LogP contribution in [-0.4, -0.2) is 56.2 Å². The van der Waals surface area contributed by atoms with Gasteiger partial charge in [0.15, 0.2) is 0 Å². The molecular formula is C20H27N5O2S. The van der Waals surface area contributed by atoms with Crippen molar-refractivity contribution in [3.63, 3.8) is 0 Å². The lowest BCUT2D eigenvalue weighted by Crippen LogP contribution is -2.58. The van der Waals surface area contributed by atoms with Crippen LogP contribution >= 0.6 is 11.3 Å². The van der Waals surface area contributed by atoms with Gasteiger partial charge < -0.3 is 14.8 Å². The maximum Gasteiger partial charge on any atom is 0.223 e. The highest BCUT2D eigenvalue weighted by molar-refractivity contribution is 7.09. The summed E-state index contributed by atoms with van der Waals surface area (Å²) in [4.78, 5) is 42.7. The number of carbonyl (C=O) groups excluding carboxylic acids is 2. The summed E-state index contributed by atoms with van der Waals surface area (Å²) in [5.41, 5.74) is 4.64. The van der Waals surface area contributed by atoms with Gasteiger partial charge in [-0.3, -0.25) is 9.59 Å². The minimum absolute atomic E-state index is 0.175. The van der Waals surface area contributed by atoms with Gasteiger partial charge in [0.1, 0.15) is 0 Å². The van der Waals surface area contributed by atoms with Gasteiger partial charge in [-0.15, -0.1) is 11.3 Å². The van der Waals surface area contributed by atoms with Gasteiger partial charge in [-0.1, -0.05) is 6.92 Å². The first-order valence-electron chi connectivity index (χ1n) is 10.0. The molecule has 2 aromatic heterocycles. The predicted molar refractivity (Wildman–Crippen MR) is 107 cm³/mol. The highest BCUT2D eigenvalue weighted by Gasteiger charge is 2.48. The van der Waals surface area contributed by atoms with E-state index in [4.69, 9.17) is 0 Å². The number of thiazole rings is 1. The standard InChI is InChI=1S/C20H27N5O2S/c1-3-17(26)25-9-6-15-19(22-12-21-15)20(25)7-10-24(11-8-20)18(27)5-4-16-14(2)23-13-28-16/h12-13H,3-11H2,1-2H3,(H,21,22). The molecule has 8 heteroatoms. The van der Waals surface area contributed by atoms with Crippen LogP contribution in [0.3, 0.4) is 0 Å². The van der Waals surface area contributed by atoms with Crippen molar-refractivity contribution < 1.29 is 9.59 Å². The highest BCUT2D eigenvalue weighted by atomic mass is 32.1. The molecule has 4 rings (SSSR count). The van der Waals surface area contributed by atoms with Crippen LogP contribution in [0.15, 0.2) is 11.8 Å². The topological polar surface area (TPSA) is 82.2 Å². The second-order valence-electron chi connectivity index (χ2n) is 7.65. The average molecular weight is 402 g/mol. The number of amides is 2. The van der Waals surface area contributed by atoms with Gasteiger partial charge in [-0.25, -0.2) is 9.97 Å². The number of hydrogen-bond donors (Lipinski definition) is 1. The molecule has 150 valence electrons. The van der Waals surface area contributed by atoms with E-state index in [0.717, 1.165) is 49.3 Å². The second-order valence-corrected chi connectivity index (χ2v) is 8.59. The molecule has 1 fully saturated rings. The Morgan fingerprint density at radius 2 is 2.00 bits per heavy atom. The molecule has 0 aromatic carbocycles. The number of imidazole rings is 1. The third-order valence-electron chi connectivity index (χ3n) is 6.22. The van der Waals surface area contributed by atoms with Crippen molar-refractivity contribution in [1.82, 2.24) is 24.8 Å². The van der Waals surface area contributed by atoms with E-state index in [1.807, 2.05) is 29.2 Å². The van der Waals surface area contributed by atoms with Gasteiger partial charge in [0.05, 0.1) is 28.8 Å². The van der Waals surface area contributed by atoms with E-state index in [-0.39, 0.29) is 17.4 Å². The number of rotatable bonds is 4. The maximum atomic E-state index is 12.8. The number of aromatic amines is 1. The van der Waals surface area contributed by atoms with Gasteiger partial charge in [0, 0.05) is 49.5 Å². The predicted octanol–water partition coefficient (Wildman–Crippen LogP) is 2.42. The fourth-order valence-electron chi connectivity index (χ4n) is 4.61. The molecule has 0 atom stereocenters. The SMILES string of the molecule is CCC(=O)N1CCc2[nH]cnc2C12CCN(C(=O)CCc1scnc1C)CC2. The summed E-state index contributed by atoms with van der Waals surface area (Å²) in [6.45, 7) is 5.96. The van der Waals surface area contributed by atoms with Crippen molar-refractivity contribution >= 4 is 23.2 Å². The van der Waals surface area contributed by atoms with E-state index < -0.39 is 0 Å². The maximum absolute atomic E-state index is 12.8. The zero-order valence-corrected chi connectivity index (χ0v) is 17.3. The summed E-state index contributed by atoms with van der Waals surface area (Å²) >= 11 is 1.62. The van der Waals surface area contributed by atoms with Crippen LogP contribution in [0, 0.1) is 6.92 Å². The van der Waals surface area contributed by atoms with E-state index in [0.29, 0.717) is 25.9 Å². The number of H-pyrrole nitrogens is 1. The molecule has 28 heavy (non-hydrogen) atoms. The van der Waals surface area contributed by atoms with Gasteiger partial charge in [0.2, 0.25) is 11.8 Å². The van der Waals surface area contributed by atoms with E-state index in [2.05, 4.69) is 15.0 Å². The van der Waals surface area contributed by atoms with Crippen LogP contribution in [0.4, 0.5) is 0 Å². The molecule has 0 bridgehead atoms. The Kier molecular flexibility index (Phi) is 5.23. The molecular weight excluding hydrogens is 374 g/mol. The van der Waals surface area contributed by atoms with Crippen LogP contribution in [0.1, 0.15) is 54.6 Å². The summed E-state index contributed by atoms with van der Waals surface area (Å²) in [6, 6.07) is 0. The van der Waals surface area contributed by atoms with Crippen LogP contribution in [0.25, 0.3) is 0 Å². The molecule has 4 heterocycles. The van der Waals surface area contributed by atoms with Crippen molar-refractivity contribution in [3.05, 3.63) is 33.8 Å². The Balaban J connectivity index is 1.46. The summed E-state index contributed by atoms with van der Waals surface area (Å²) in [6.07, 6.45) is 5.82. The zero-order chi connectivity index (χ0) is 19.7. The lowest BCUT2D eigenvalue weighted by atomic mass is 9.78. The van der Waals surface area contributed by atoms with Gasteiger partial charge in [-0.05, 0) is 26.2 Å². The van der Waals surface area contributed by atoms with Crippen molar-refractivity contribution in [2.24, 2.45) is 0 Å². The summed E-state index contributed by atoms with van der Waals surface area (Å²) in [5, 5.41) is 0. The number of aromatic nitrogens is 3. The number of carbonyl (C=O) groups is 2. The molecule has 1 saturated heterocycles. The van der Waals surface area contributed by atoms with E-state index >= 15 is 0 Å². The number of nitrogens with one attached hydrogen (secondary N) is 1. The summed E-state index contributed by atoms with van der Waals surface area (Å²) < 4.78 is 0. The molecule has 0 aliphatic carbocycles. The Morgan fingerprint density at radius 1 is 1.21 bits per heavy atom. The molecule has 2 amide bonds. The third kappa shape index (κ3) is 3.23. The molecule has 7 nitrogen and oxygen atoms in total. The molecule has 0 radical (unpaired) electrons. The first-order valence-corrected chi connectivity index (χ1v) is 10.9. The third-order valence-corrected chi connectivity index (χ3v) is 7.21. The lowest BCUT2D eigenvalue weighted by molar-refractivity contribution is -0.144. The lowest BCUT2D eigenvalue weighted by Gasteiger charge is -2.50. The van der Waals surface area contributed by atoms with Crippen LogP contribution in [0.2, 0.25) is 0 Å². The van der Waals surface area contributed by atoms with E-state index in [1.165, 1.54) is 4.88 Å². The number of aryl methyl sites for hydroxylation is 2. The number of piperidine rings is 1. The van der Waals surface area contributed by atoms with Gasteiger partial charge >= 0.3 is 0 Å². The number of hydrogen-bond acceptors (Lipinski definition) is 5. The molecule has 2 aromatic rings. The minimum Gasteiger partial charge on any atom is -0.348 e. The molecule has 0 unspecified atom stereocenters. The molecule has 2 aliphatic rings. The normalized spacial score (nSPS) is 18.4. The van der Waals surface area contributed by atoms with Crippen LogP contribution in [-0.2, 0) is 28.0 Å². The Labute approximate surface area is 169 Å². The average Bonchev–Trinajstić information content (AvgIpc) is 3.36. The second kappa shape index (κ2) is 7.66. The van der Waals surface area contributed by atoms with E-state index in [9.17, 15) is 9.59 Å². The molecule has 1 spiro atoms. The fourth-order valence-corrected chi connectivity index (χ4v) is 5.39. The monoisotopic (exact) mass is 401 g/mol. The fraction of sp³-hybridized carbons (Fsp3) is 0.600. The zero-order valence-electron chi connectivity index (χ0n) is 16.5. The van der Waals surface area contributed by atoms with Gasteiger partial charge in [-0.2, -0.15) is 0 Å². The van der Waals surface area contributed by atoms with Crippen LogP contribution in [0.5, 0.6) is 0 Å². The number of fused-ring (bicyclic) bond motifs is 2. The van der Waals surface area contributed by atoms with Gasteiger partial charge in [0.25, 0.3) is 0 Å². The van der Waals surface area contributed by atoms with Crippen LogP contribution < -0.4 is 0 Å².